The number of hydrogen-bond donors (Lipinski definition) is 2. The Morgan fingerprint density at radius 1 is 1.16 bits per heavy atom. The van der Waals surface area contributed by atoms with E-state index in [1.54, 1.807) is 43.3 Å². The molecule has 1 atom stereocenters. The van der Waals surface area contributed by atoms with E-state index in [0.717, 1.165) is 0 Å². The maximum atomic E-state index is 13.7. The molecule has 1 aromatic heterocycles. The molecule has 0 radical (unpaired) electrons. The number of para-hydroxylation sites is 1. The summed E-state index contributed by atoms with van der Waals surface area (Å²) in [6, 6.07) is 12.3. The highest BCUT2D eigenvalue weighted by atomic mass is 35.5. The van der Waals surface area contributed by atoms with Crippen molar-refractivity contribution in [3.05, 3.63) is 70.8 Å². The Morgan fingerprint density at radius 2 is 1.87 bits per heavy atom. The van der Waals surface area contributed by atoms with E-state index < -0.39 is 11.9 Å². The molecule has 0 saturated carbocycles. The number of halogens is 2. The lowest BCUT2D eigenvalue weighted by Crippen LogP contribution is -2.29. The van der Waals surface area contributed by atoms with Gasteiger partial charge in [0.2, 0.25) is 5.91 Å². The van der Waals surface area contributed by atoms with Crippen molar-refractivity contribution in [3.63, 3.8) is 0 Å². The zero-order chi connectivity index (χ0) is 22.4. The molecule has 0 saturated heterocycles. The fraction of sp³-hybridized carbons (Fsp3) is 0.238. The number of nitrogens with zero attached hydrogens (tertiary/aromatic N) is 3. The molecule has 3 rings (SSSR count). The lowest BCUT2D eigenvalue weighted by atomic mass is 10.2. The van der Waals surface area contributed by atoms with Crippen LogP contribution in [0.5, 0.6) is 0 Å². The predicted molar refractivity (Wildman–Crippen MR) is 119 cm³/mol. The predicted octanol–water partition coefficient (Wildman–Crippen LogP) is 4.31. The molecule has 0 aliphatic rings. The standard InChI is InChI=1S/C21H21ClFN5O2S/c1-3-28-19(13(2)24-20(30)14-8-4-5-9-15(14)22)26-27-21(28)31-12-18(29)25-17-11-7-6-10-16(17)23/h4-11,13H,3,12H2,1-2H3,(H,24,30)(H,25,29)/t13-/m0/s1. The van der Waals surface area contributed by atoms with Crippen LogP contribution in [0.4, 0.5) is 10.1 Å². The van der Waals surface area contributed by atoms with Crippen LogP contribution in [0.15, 0.2) is 53.7 Å². The SMILES string of the molecule is CCn1c(SCC(=O)Nc2ccccc2F)nnc1[C@H](C)NC(=O)c1ccccc1Cl. The molecule has 0 aliphatic carbocycles. The number of carbonyl (C=O) groups excluding carboxylic acids is 2. The van der Waals surface area contributed by atoms with Crippen LogP contribution in [-0.4, -0.2) is 32.3 Å². The average Bonchev–Trinajstić information content (AvgIpc) is 3.17. The lowest BCUT2D eigenvalue weighted by molar-refractivity contribution is -0.113. The molecular weight excluding hydrogens is 441 g/mol. The summed E-state index contributed by atoms with van der Waals surface area (Å²) in [5.41, 5.74) is 0.500. The second-order valence-electron chi connectivity index (χ2n) is 6.58. The summed E-state index contributed by atoms with van der Waals surface area (Å²) in [6.07, 6.45) is 0. The quantitative estimate of drug-likeness (QED) is 0.488. The van der Waals surface area contributed by atoms with Gasteiger partial charge in [0.1, 0.15) is 5.82 Å². The minimum absolute atomic E-state index is 0.0346. The number of thioether (sulfide) groups is 1. The van der Waals surface area contributed by atoms with Gasteiger partial charge < -0.3 is 15.2 Å². The number of carbonyl (C=O) groups is 2. The molecule has 162 valence electrons. The van der Waals surface area contributed by atoms with Crippen molar-refractivity contribution < 1.29 is 14.0 Å². The molecule has 0 aliphatic heterocycles. The van der Waals surface area contributed by atoms with Gasteiger partial charge in [-0.1, -0.05) is 47.6 Å². The highest BCUT2D eigenvalue weighted by Gasteiger charge is 2.21. The second kappa shape index (κ2) is 10.4. The van der Waals surface area contributed by atoms with Gasteiger partial charge in [-0.3, -0.25) is 9.59 Å². The van der Waals surface area contributed by atoms with Crippen molar-refractivity contribution in [1.29, 1.82) is 0 Å². The van der Waals surface area contributed by atoms with E-state index in [1.165, 1.54) is 23.9 Å². The zero-order valence-electron chi connectivity index (χ0n) is 16.9. The summed E-state index contributed by atoms with van der Waals surface area (Å²) in [4.78, 5) is 24.7. The number of aromatic nitrogens is 3. The van der Waals surface area contributed by atoms with Crippen LogP contribution in [-0.2, 0) is 11.3 Å². The van der Waals surface area contributed by atoms with Gasteiger partial charge in [-0.05, 0) is 38.1 Å². The minimum Gasteiger partial charge on any atom is -0.342 e. The fourth-order valence-electron chi connectivity index (χ4n) is 2.89. The number of anilines is 1. The van der Waals surface area contributed by atoms with Crippen LogP contribution in [0.3, 0.4) is 0 Å². The minimum atomic E-state index is -0.497. The molecular formula is C21H21ClFN5O2S. The van der Waals surface area contributed by atoms with E-state index in [2.05, 4.69) is 20.8 Å². The van der Waals surface area contributed by atoms with Gasteiger partial charge in [0.15, 0.2) is 11.0 Å². The molecule has 1 heterocycles. The van der Waals surface area contributed by atoms with Crippen LogP contribution in [0.1, 0.15) is 36.1 Å². The fourth-order valence-corrected chi connectivity index (χ4v) is 3.92. The molecule has 2 amide bonds. The Bertz CT molecular complexity index is 1090. The highest BCUT2D eigenvalue weighted by Crippen LogP contribution is 2.22. The van der Waals surface area contributed by atoms with E-state index in [0.29, 0.717) is 28.1 Å². The molecule has 2 N–H and O–H groups in total. The monoisotopic (exact) mass is 461 g/mol. The molecule has 0 unspecified atom stereocenters. The molecule has 7 nitrogen and oxygen atoms in total. The van der Waals surface area contributed by atoms with Gasteiger partial charge in [-0.2, -0.15) is 0 Å². The van der Waals surface area contributed by atoms with E-state index in [4.69, 9.17) is 11.6 Å². The van der Waals surface area contributed by atoms with Crippen molar-refractivity contribution in [2.24, 2.45) is 0 Å². The first-order chi connectivity index (χ1) is 14.9. The molecule has 0 bridgehead atoms. The third-order valence-corrected chi connectivity index (χ3v) is 5.69. The summed E-state index contributed by atoms with van der Waals surface area (Å²) >= 11 is 7.27. The maximum Gasteiger partial charge on any atom is 0.253 e. The third-order valence-electron chi connectivity index (χ3n) is 4.40. The smallest absolute Gasteiger partial charge is 0.253 e. The van der Waals surface area contributed by atoms with Gasteiger partial charge >= 0.3 is 0 Å². The normalized spacial score (nSPS) is 11.7. The van der Waals surface area contributed by atoms with Crippen LogP contribution in [0.25, 0.3) is 0 Å². The van der Waals surface area contributed by atoms with Crippen LogP contribution < -0.4 is 10.6 Å². The summed E-state index contributed by atoms with van der Waals surface area (Å²) in [5.74, 6) is -0.584. The van der Waals surface area contributed by atoms with Crippen LogP contribution in [0.2, 0.25) is 5.02 Å². The van der Waals surface area contributed by atoms with Crippen molar-refractivity contribution >= 4 is 40.9 Å². The lowest BCUT2D eigenvalue weighted by Gasteiger charge is -2.15. The van der Waals surface area contributed by atoms with Gasteiger partial charge in [-0.25, -0.2) is 4.39 Å². The van der Waals surface area contributed by atoms with Crippen molar-refractivity contribution in [3.8, 4) is 0 Å². The number of amides is 2. The molecule has 0 fully saturated rings. The van der Waals surface area contributed by atoms with Gasteiger partial charge in [0.25, 0.3) is 5.91 Å². The molecule has 10 heteroatoms. The Hall–Kier alpha value is -2.91. The van der Waals surface area contributed by atoms with Gasteiger partial charge in [-0.15, -0.1) is 10.2 Å². The summed E-state index contributed by atoms with van der Waals surface area (Å²) in [7, 11) is 0. The summed E-state index contributed by atoms with van der Waals surface area (Å²) in [6.45, 7) is 4.26. The number of benzene rings is 2. The first-order valence-corrected chi connectivity index (χ1v) is 10.9. The van der Waals surface area contributed by atoms with E-state index in [9.17, 15) is 14.0 Å². The third kappa shape index (κ3) is 5.62. The summed E-state index contributed by atoms with van der Waals surface area (Å²) in [5, 5.41) is 14.6. The Balaban J connectivity index is 1.64. The van der Waals surface area contributed by atoms with Crippen molar-refractivity contribution in [2.75, 3.05) is 11.1 Å². The van der Waals surface area contributed by atoms with Crippen molar-refractivity contribution in [2.45, 2.75) is 31.6 Å². The Morgan fingerprint density at radius 3 is 2.58 bits per heavy atom. The zero-order valence-corrected chi connectivity index (χ0v) is 18.5. The molecule has 3 aromatic rings. The number of rotatable bonds is 8. The number of hydrogen-bond acceptors (Lipinski definition) is 5. The topological polar surface area (TPSA) is 88.9 Å². The van der Waals surface area contributed by atoms with Crippen molar-refractivity contribution in [1.82, 2.24) is 20.1 Å². The number of nitrogens with one attached hydrogen (secondary N) is 2. The second-order valence-corrected chi connectivity index (χ2v) is 7.93. The average molecular weight is 462 g/mol. The Kier molecular flexibility index (Phi) is 7.64. The first kappa shape index (κ1) is 22.8. The van der Waals surface area contributed by atoms with Gasteiger partial charge in [0, 0.05) is 6.54 Å². The van der Waals surface area contributed by atoms with Crippen LogP contribution in [0, 0.1) is 5.82 Å². The molecule has 0 spiro atoms. The Labute approximate surface area is 188 Å². The van der Waals surface area contributed by atoms with E-state index >= 15 is 0 Å². The largest absolute Gasteiger partial charge is 0.342 e. The van der Waals surface area contributed by atoms with Gasteiger partial charge in [0.05, 0.1) is 28.1 Å². The maximum absolute atomic E-state index is 13.7. The molecule has 31 heavy (non-hydrogen) atoms. The van der Waals surface area contributed by atoms with Crippen LogP contribution >= 0.6 is 23.4 Å². The summed E-state index contributed by atoms with van der Waals surface area (Å²) < 4.78 is 15.5. The first-order valence-electron chi connectivity index (χ1n) is 9.56. The molecule has 2 aromatic carbocycles. The highest BCUT2D eigenvalue weighted by molar-refractivity contribution is 7.99. The van der Waals surface area contributed by atoms with E-state index in [1.807, 2.05) is 11.5 Å². The van der Waals surface area contributed by atoms with E-state index in [-0.39, 0.29) is 23.3 Å².